The van der Waals surface area contributed by atoms with Gasteiger partial charge in [-0.2, -0.15) is 17.7 Å². The van der Waals surface area contributed by atoms with Crippen LogP contribution in [0.15, 0.2) is 0 Å². The molecule has 0 nitrogen and oxygen atoms in total. The molecule has 7 heteroatoms. The Kier molecular flexibility index (Phi) is 68.8. The summed E-state index contributed by atoms with van der Waals surface area (Å²) in [5.74, 6) is 2.37. The van der Waals surface area contributed by atoms with Gasteiger partial charge in [0.1, 0.15) is 0 Å². The van der Waals surface area contributed by atoms with E-state index in [1.165, 1.54) is 19.3 Å². The minimum atomic E-state index is 0. The van der Waals surface area contributed by atoms with Crippen LogP contribution in [0.3, 0.4) is 0 Å². The van der Waals surface area contributed by atoms with E-state index in [4.69, 9.17) is 0 Å². The summed E-state index contributed by atoms with van der Waals surface area (Å²) < 4.78 is 0. The van der Waals surface area contributed by atoms with Crippen molar-refractivity contribution >= 4 is 7.28 Å². The zero-order chi connectivity index (χ0) is 12.6. The average molecular weight is 754 g/mol. The predicted molar refractivity (Wildman–Crippen MR) is 76.3 cm³/mol. The first-order chi connectivity index (χ1) is 7.53. The van der Waals surface area contributed by atoms with Gasteiger partial charge in [-0.25, -0.2) is 0 Å². The smallest absolute Gasteiger partial charge is 0.0757 e. The predicted octanol–water partition coefficient (Wildman–Crippen LogP) is 4.85. The number of hydrogen-bond donors (Lipinski definition) is 0. The molecular weight excluding hydrogens is 724 g/mol. The molecule has 0 aromatic rings. The maximum atomic E-state index is 4.28. The monoisotopic (exact) mass is 754 g/mol. The first kappa shape index (κ1) is 46.8. The molecule has 0 aromatic heterocycles. The summed E-state index contributed by atoms with van der Waals surface area (Å²) >= 11 is 0. The summed E-state index contributed by atoms with van der Waals surface area (Å²) in [5, 5.41) is 0. The van der Waals surface area contributed by atoms with Crippen LogP contribution >= 0.6 is 0 Å². The molecule has 0 bridgehead atoms. The van der Waals surface area contributed by atoms with Crippen molar-refractivity contribution in [3.05, 3.63) is 20.8 Å². The second-order valence-electron chi connectivity index (χ2n) is 5.22. The van der Waals surface area contributed by atoms with Crippen molar-refractivity contribution in [2.75, 3.05) is 0 Å². The van der Waals surface area contributed by atoms with Gasteiger partial charge in [-0.05, 0) is 5.92 Å². The van der Waals surface area contributed by atoms with Gasteiger partial charge in [-0.1, -0.05) is 39.9 Å². The molecule has 0 aromatic carbocycles. The molecule has 0 amide bonds. The van der Waals surface area contributed by atoms with Gasteiger partial charge in [0.15, 0.2) is 0 Å². The van der Waals surface area contributed by atoms with E-state index in [9.17, 15) is 0 Å². The van der Waals surface area contributed by atoms with Gasteiger partial charge in [0, 0.05) is 196 Å². The third kappa shape index (κ3) is 28.9. The molecule has 0 heterocycles. The van der Waals surface area contributed by atoms with E-state index in [1.54, 1.807) is 0 Å². The maximum absolute atomic E-state index is 4.28. The van der Waals surface area contributed by atoms with Crippen LogP contribution in [0.25, 0.3) is 0 Å². The number of rotatable bonds is 9. The summed E-state index contributed by atoms with van der Waals surface area (Å²) in [6, 6.07) is 0. The van der Waals surface area contributed by atoms with Crippen LogP contribution in [0.2, 0.25) is 12.6 Å². The molecule has 7 radical (unpaired) electrons. The Labute approximate surface area is 293 Å². The fourth-order valence-corrected chi connectivity index (χ4v) is 2.32. The quantitative estimate of drug-likeness (QED) is 0.234. The van der Waals surface area contributed by atoms with Crippen LogP contribution < -0.4 is 0 Å². The Morgan fingerprint density at radius 3 is 1.36 bits per heavy atom. The van der Waals surface area contributed by atoms with Crippen molar-refractivity contribution in [3.8, 4) is 0 Å². The molecule has 0 rings (SSSR count). The van der Waals surface area contributed by atoms with E-state index < -0.39 is 0 Å². The van der Waals surface area contributed by atoms with E-state index in [-0.39, 0.29) is 196 Å². The van der Waals surface area contributed by atoms with E-state index in [1.807, 2.05) is 0 Å². The van der Waals surface area contributed by atoms with E-state index >= 15 is 0 Å². The minimum Gasteiger partial charge on any atom is -0.348 e. The molecule has 113 valence electrons. The Balaban J connectivity index is -0.0000000750. The van der Waals surface area contributed by atoms with E-state index in [0.717, 1.165) is 18.8 Å². The van der Waals surface area contributed by atoms with Gasteiger partial charge < -0.3 is 20.8 Å². The Bertz CT molecular complexity index is 170. The fraction of sp³-hybridized carbons (Fsp3) is 0.800. The van der Waals surface area contributed by atoms with Crippen molar-refractivity contribution in [2.45, 2.75) is 58.6 Å². The molecule has 3 atom stereocenters. The molecule has 0 spiro atoms. The third-order valence-corrected chi connectivity index (χ3v) is 3.60. The zero-order valence-corrected chi connectivity index (χ0v) is 32.0. The summed E-state index contributed by atoms with van der Waals surface area (Å²) in [6.45, 7) is 19.2. The molecular formula is C15H29BY6-3. The molecule has 0 saturated carbocycles. The molecule has 0 saturated heterocycles. The van der Waals surface area contributed by atoms with Gasteiger partial charge >= 0.3 is 0 Å². The fourth-order valence-electron chi connectivity index (χ4n) is 2.32. The van der Waals surface area contributed by atoms with Gasteiger partial charge in [0.2, 0.25) is 0 Å². The van der Waals surface area contributed by atoms with Crippen LogP contribution in [0.4, 0.5) is 0 Å². The minimum absolute atomic E-state index is 0. The summed E-state index contributed by atoms with van der Waals surface area (Å²) in [7, 11) is 2.16. The maximum Gasteiger partial charge on any atom is 0.0757 e. The van der Waals surface area contributed by atoms with Crippen molar-refractivity contribution in [3.63, 3.8) is 0 Å². The van der Waals surface area contributed by atoms with Crippen LogP contribution in [0, 0.1) is 38.5 Å². The van der Waals surface area contributed by atoms with Gasteiger partial charge in [0.25, 0.3) is 0 Å². The van der Waals surface area contributed by atoms with Gasteiger partial charge in [-0.3, -0.25) is 0 Å². The molecule has 0 N–H and O–H groups in total. The first-order valence-electron chi connectivity index (χ1n) is 6.82. The molecule has 0 aliphatic heterocycles. The zero-order valence-electron chi connectivity index (χ0n) is 15.0. The van der Waals surface area contributed by atoms with Gasteiger partial charge in [-0.15, -0.1) is 12.8 Å². The Hall–Kier alpha value is 6.69. The average Bonchev–Trinajstić information content (AvgIpc) is 2.25. The first-order valence-corrected chi connectivity index (χ1v) is 6.82. The molecule has 0 fully saturated rings. The van der Waals surface area contributed by atoms with Crippen LogP contribution in [0.1, 0.15) is 46.0 Å². The second-order valence-corrected chi connectivity index (χ2v) is 5.22. The van der Waals surface area contributed by atoms with Crippen molar-refractivity contribution in [1.29, 1.82) is 0 Å². The topological polar surface area (TPSA) is 0 Å². The van der Waals surface area contributed by atoms with Crippen molar-refractivity contribution < 1.29 is 196 Å². The standard InChI is InChI=1S/C15H29B.6Y/c1-7-15(8-2)11-13(4)9-12(3)10-14(5)16-6;;;;;;/h12-15H,3-5,7-11H2,1-2,6H3;;;;;;/q-3;;;;;;. The van der Waals surface area contributed by atoms with E-state index in [2.05, 4.69) is 48.7 Å². The summed E-state index contributed by atoms with van der Waals surface area (Å²) in [5.41, 5.74) is 0. The second kappa shape index (κ2) is 32.4. The molecule has 0 aliphatic carbocycles. The summed E-state index contributed by atoms with van der Waals surface area (Å²) in [4.78, 5) is 0. The number of hydrogen-bond acceptors (Lipinski definition) is 0. The summed E-state index contributed by atoms with van der Waals surface area (Å²) in [6.07, 6.45) is 6.08. The van der Waals surface area contributed by atoms with E-state index in [0.29, 0.717) is 17.7 Å². The normalized spacial score (nSPS) is 12.5. The molecule has 0 aliphatic rings. The Morgan fingerprint density at radius 1 is 0.682 bits per heavy atom. The Morgan fingerprint density at radius 2 is 1.05 bits per heavy atom. The third-order valence-electron chi connectivity index (χ3n) is 3.60. The van der Waals surface area contributed by atoms with Crippen molar-refractivity contribution in [1.82, 2.24) is 0 Å². The molecule has 22 heavy (non-hydrogen) atoms. The SMILES string of the molecule is [CH2-]C([B]C)CC([CH2-])CC([CH2-])CC(CC)CC.[Y].[Y].[Y].[Y].[Y].[Y]. The largest absolute Gasteiger partial charge is 0.348 e. The van der Waals surface area contributed by atoms with Crippen LogP contribution in [-0.4, -0.2) is 7.28 Å². The molecule has 3 unspecified atom stereocenters. The van der Waals surface area contributed by atoms with Crippen molar-refractivity contribution in [2.24, 2.45) is 17.8 Å². The van der Waals surface area contributed by atoms with Crippen LogP contribution in [-0.2, 0) is 196 Å². The van der Waals surface area contributed by atoms with Crippen LogP contribution in [0.5, 0.6) is 0 Å². The van der Waals surface area contributed by atoms with Gasteiger partial charge in [0.05, 0.1) is 7.28 Å².